The lowest BCUT2D eigenvalue weighted by Gasteiger charge is -2.32. The maximum absolute atomic E-state index is 6.09. The zero-order valence-corrected chi connectivity index (χ0v) is 11.5. The quantitative estimate of drug-likeness (QED) is 0.703. The molecule has 0 spiro atoms. The fourth-order valence-electron chi connectivity index (χ4n) is 2.43. The van der Waals surface area contributed by atoms with Gasteiger partial charge in [0.1, 0.15) is 0 Å². The van der Waals surface area contributed by atoms with Crippen LogP contribution in [-0.2, 0) is 27.2 Å². The number of ether oxygens (including phenoxy) is 1. The van der Waals surface area contributed by atoms with E-state index in [1.807, 2.05) is 0 Å². The van der Waals surface area contributed by atoms with Crippen molar-refractivity contribution in [3.05, 3.63) is 17.8 Å². The molecule has 0 radical (unpaired) electrons. The zero-order valence-electron chi connectivity index (χ0n) is 11.5. The van der Waals surface area contributed by atoms with Crippen molar-refractivity contribution in [3.8, 4) is 0 Å². The number of hydrogen-bond acceptors (Lipinski definition) is 3. The molecule has 0 bridgehead atoms. The van der Waals surface area contributed by atoms with Crippen LogP contribution >= 0.6 is 0 Å². The Hall–Kier alpha value is -0.775. The summed E-state index contributed by atoms with van der Waals surface area (Å²) >= 11 is 0. The van der Waals surface area contributed by atoms with Crippen LogP contribution in [0.3, 0.4) is 0 Å². The summed E-state index contributed by atoms with van der Waals surface area (Å²) in [4.78, 5) is 0. The van der Waals surface area contributed by atoms with Gasteiger partial charge < -0.3 is 18.6 Å². The Morgan fingerprint density at radius 3 is 2.44 bits per heavy atom. The molecule has 0 unspecified atom stereocenters. The van der Waals surface area contributed by atoms with Crippen LogP contribution in [0.25, 0.3) is 0 Å². The molecule has 18 heavy (non-hydrogen) atoms. The minimum atomic E-state index is -0.284. The molecule has 0 aliphatic carbocycles. The van der Waals surface area contributed by atoms with Crippen LogP contribution in [0.4, 0.5) is 0 Å². The molecule has 1 saturated heterocycles. The molecule has 0 atom stereocenters. The smallest absolute Gasteiger partial charge is 0.398 e. The van der Waals surface area contributed by atoms with Gasteiger partial charge in [-0.1, -0.05) is 0 Å². The maximum atomic E-state index is 6.09. The first-order chi connectivity index (χ1) is 8.41. The van der Waals surface area contributed by atoms with E-state index in [4.69, 9.17) is 14.0 Å². The van der Waals surface area contributed by atoms with Gasteiger partial charge in [-0.15, -0.1) is 0 Å². The first-order valence-corrected chi connectivity index (χ1v) is 6.52. The molecule has 0 amide bonds. The Labute approximate surface area is 108 Å². The minimum absolute atomic E-state index is 0.276. The summed E-state index contributed by atoms with van der Waals surface area (Å²) < 4.78 is 19.9. The third-order valence-electron chi connectivity index (χ3n) is 4.31. The molecular formula is C13H20BNO3. The van der Waals surface area contributed by atoms with Crippen LogP contribution in [0.15, 0.2) is 12.1 Å². The fraction of sp³-hybridized carbons (Fsp3) is 0.692. The molecule has 1 aromatic rings. The summed E-state index contributed by atoms with van der Waals surface area (Å²) in [7, 11) is -0.276. The van der Waals surface area contributed by atoms with E-state index in [2.05, 4.69) is 44.4 Å². The van der Waals surface area contributed by atoms with Crippen LogP contribution in [-0.4, -0.2) is 29.5 Å². The van der Waals surface area contributed by atoms with Gasteiger partial charge in [0, 0.05) is 17.8 Å². The average molecular weight is 249 g/mol. The van der Waals surface area contributed by atoms with Crippen LogP contribution in [0.2, 0.25) is 0 Å². The summed E-state index contributed by atoms with van der Waals surface area (Å²) in [5, 5.41) is 0. The maximum Gasteiger partial charge on any atom is 0.512 e. The number of nitrogens with zero attached hydrogens (tertiary/aromatic N) is 1. The lowest BCUT2D eigenvalue weighted by Crippen LogP contribution is -2.41. The molecule has 1 fully saturated rings. The number of fused-ring (bicyclic) bond motifs is 1. The van der Waals surface area contributed by atoms with Gasteiger partial charge in [-0.25, -0.2) is 0 Å². The van der Waals surface area contributed by atoms with Gasteiger partial charge in [0.15, 0.2) is 0 Å². The molecule has 0 N–H and O–H groups in total. The molecule has 1 aromatic heterocycles. The van der Waals surface area contributed by atoms with Gasteiger partial charge in [0.25, 0.3) is 0 Å². The Morgan fingerprint density at radius 1 is 1.11 bits per heavy atom. The molecule has 2 aliphatic rings. The third-order valence-corrected chi connectivity index (χ3v) is 4.31. The zero-order chi connectivity index (χ0) is 13.0. The molecule has 0 saturated carbocycles. The van der Waals surface area contributed by atoms with Crippen molar-refractivity contribution in [3.63, 3.8) is 0 Å². The molecule has 2 aliphatic heterocycles. The predicted octanol–water partition coefficient (Wildman–Crippen LogP) is 1.32. The second kappa shape index (κ2) is 3.86. The highest BCUT2D eigenvalue weighted by molar-refractivity contribution is 6.61. The lowest BCUT2D eigenvalue weighted by molar-refractivity contribution is 0.00578. The van der Waals surface area contributed by atoms with Crippen molar-refractivity contribution in [2.24, 2.45) is 0 Å². The number of rotatable bonds is 1. The Balaban J connectivity index is 1.91. The Bertz CT molecular complexity index is 451. The molecule has 3 rings (SSSR count). The van der Waals surface area contributed by atoms with Gasteiger partial charge in [0.05, 0.1) is 24.4 Å². The van der Waals surface area contributed by atoms with E-state index >= 15 is 0 Å². The van der Waals surface area contributed by atoms with Gasteiger partial charge in [-0.3, -0.25) is 0 Å². The largest absolute Gasteiger partial charge is 0.512 e. The number of hydrogen-bond donors (Lipinski definition) is 0. The van der Waals surface area contributed by atoms with E-state index in [1.165, 1.54) is 5.69 Å². The van der Waals surface area contributed by atoms with Crippen molar-refractivity contribution < 1.29 is 14.0 Å². The first kappa shape index (κ1) is 12.3. The molecule has 0 aromatic carbocycles. The van der Waals surface area contributed by atoms with Crippen molar-refractivity contribution >= 4 is 12.7 Å². The van der Waals surface area contributed by atoms with Crippen molar-refractivity contribution in [1.29, 1.82) is 0 Å². The van der Waals surface area contributed by atoms with E-state index in [1.54, 1.807) is 0 Å². The minimum Gasteiger partial charge on any atom is -0.398 e. The highest BCUT2D eigenvalue weighted by Gasteiger charge is 2.52. The molecule has 5 heteroatoms. The fourth-order valence-corrected chi connectivity index (χ4v) is 2.43. The van der Waals surface area contributed by atoms with Gasteiger partial charge >= 0.3 is 7.12 Å². The van der Waals surface area contributed by atoms with E-state index in [9.17, 15) is 0 Å². The van der Waals surface area contributed by atoms with Crippen LogP contribution in [0.1, 0.15) is 33.4 Å². The molecule has 98 valence electrons. The van der Waals surface area contributed by atoms with Crippen molar-refractivity contribution in [1.82, 2.24) is 4.57 Å². The summed E-state index contributed by atoms with van der Waals surface area (Å²) in [5.74, 6) is 0. The van der Waals surface area contributed by atoms with Crippen LogP contribution in [0, 0.1) is 0 Å². The predicted molar refractivity (Wildman–Crippen MR) is 69.8 cm³/mol. The van der Waals surface area contributed by atoms with E-state index in [0.29, 0.717) is 6.61 Å². The SMILES string of the molecule is CC1(C)OB(c2ccc3n2CCOC3)OC1(C)C. The summed E-state index contributed by atoms with van der Waals surface area (Å²) in [5.41, 5.74) is 1.74. The first-order valence-electron chi connectivity index (χ1n) is 6.52. The van der Waals surface area contributed by atoms with Crippen molar-refractivity contribution in [2.45, 2.75) is 52.0 Å². The van der Waals surface area contributed by atoms with E-state index in [0.717, 1.165) is 18.7 Å². The van der Waals surface area contributed by atoms with E-state index in [-0.39, 0.29) is 18.3 Å². The van der Waals surface area contributed by atoms with Gasteiger partial charge in [0.2, 0.25) is 0 Å². The van der Waals surface area contributed by atoms with Crippen LogP contribution in [0.5, 0.6) is 0 Å². The second-order valence-corrected chi connectivity index (χ2v) is 6.04. The van der Waals surface area contributed by atoms with Gasteiger partial charge in [-0.2, -0.15) is 0 Å². The number of aromatic nitrogens is 1. The van der Waals surface area contributed by atoms with Crippen LogP contribution < -0.4 is 5.59 Å². The summed E-state index contributed by atoms with van der Waals surface area (Å²) in [6.45, 7) is 10.6. The topological polar surface area (TPSA) is 32.6 Å². The lowest BCUT2D eigenvalue weighted by atomic mass is 9.84. The normalized spacial score (nSPS) is 25.2. The van der Waals surface area contributed by atoms with E-state index < -0.39 is 0 Å². The highest BCUT2D eigenvalue weighted by atomic mass is 16.7. The molecule has 4 nitrogen and oxygen atoms in total. The standard InChI is InChI=1S/C13H20BNO3/c1-12(2)13(3,4)18-14(17-12)11-6-5-10-9-16-8-7-15(10)11/h5-6H,7-9H2,1-4H3. The average Bonchev–Trinajstić information content (AvgIpc) is 2.78. The second-order valence-electron chi connectivity index (χ2n) is 6.04. The Kier molecular flexibility index (Phi) is 2.63. The summed E-state index contributed by atoms with van der Waals surface area (Å²) in [6, 6.07) is 4.19. The monoisotopic (exact) mass is 249 g/mol. The van der Waals surface area contributed by atoms with Gasteiger partial charge in [-0.05, 0) is 39.8 Å². The Morgan fingerprint density at radius 2 is 1.78 bits per heavy atom. The third kappa shape index (κ3) is 1.73. The summed E-state index contributed by atoms with van der Waals surface area (Å²) in [6.07, 6.45) is 0. The molecular weight excluding hydrogens is 229 g/mol. The molecule has 3 heterocycles. The van der Waals surface area contributed by atoms with Crippen molar-refractivity contribution in [2.75, 3.05) is 6.61 Å². The highest BCUT2D eigenvalue weighted by Crippen LogP contribution is 2.36.